The van der Waals surface area contributed by atoms with Crippen LogP contribution in [0.1, 0.15) is 21.5 Å². The van der Waals surface area contributed by atoms with Crippen molar-refractivity contribution in [2.24, 2.45) is 5.73 Å². The van der Waals surface area contributed by atoms with E-state index in [0.29, 0.717) is 22.4 Å². The van der Waals surface area contributed by atoms with Gasteiger partial charge in [0, 0.05) is 10.0 Å². The minimum absolute atomic E-state index is 0.460. The number of hydrogen-bond donors (Lipinski definition) is 1. The van der Waals surface area contributed by atoms with Crippen LogP contribution in [0.5, 0.6) is 5.75 Å². The molecule has 0 aliphatic heterocycles. The van der Waals surface area contributed by atoms with Gasteiger partial charge in [-0.1, -0.05) is 30.3 Å². The molecule has 0 aromatic heterocycles. The van der Waals surface area contributed by atoms with Gasteiger partial charge in [-0.05, 0) is 40.5 Å². The highest BCUT2D eigenvalue weighted by Crippen LogP contribution is 2.28. The SMILES string of the molecule is Cc1c(OCc2ccccc2)ccc(Br)c1C(N)=O. The maximum atomic E-state index is 11.4. The van der Waals surface area contributed by atoms with Gasteiger partial charge in [-0.25, -0.2) is 0 Å². The molecule has 0 aliphatic rings. The first-order valence-electron chi connectivity index (χ1n) is 5.85. The molecule has 0 unspecified atom stereocenters. The average Bonchev–Trinajstić information content (AvgIpc) is 2.38. The van der Waals surface area contributed by atoms with Gasteiger partial charge >= 0.3 is 0 Å². The number of carbonyl (C=O) groups excluding carboxylic acids is 1. The number of carbonyl (C=O) groups is 1. The van der Waals surface area contributed by atoms with Crippen LogP contribution in [0.15, 0.2) is 46.9 Å². The van der Waals surface area contributed by atoms with Crippen LogP contribution in [0.3, 0.4) is 0 Å². The zero-order chi connectivity index (χ0) is 13.8. The summed E-state index contributed by atoms with van der Waals surface area (Å²) in [6, 6.07) is 13.5. The molecule has 2 rings (SSSR count). The first-order valence-corrected chi connectivity index (χ1v) is 6.64. The highest BCUT2D eigenvalue weighted by Gasteiger charge is 2.14. The predicted octanol–water partition coefficient (Wildman–Crippen LogP) is 3.44. The summed E-state index contributed by atoms with van der Waals surface area (Å²) in [7, 11) is 0. The summed E-state index contributed by atoms with van der Waals surface area (Å²) in [5.41, 5.74) is 7.65. The van der Waals surface area contributed by atoms with E-state index in [0.717, 1.165) is 11.1 Å². The molecule has 19 heavy (non-hydrogen) atoms. The Kier molecular flexibility index (Phi) is 4.22. The van der Waals surface area contributed by atoms with Crippen molar-refractivity contribution in [1.29, 1.82) is 0 Å². The normalized spacial score (nSPS) is 10.2. The summed E-state index contributed by atoms with van der Waals surface area (Å²) in [4.78, 5) is 11.4. The summed E-state index contributed by atoms with van der Waals surface area (Å²) in [5, 5.41) is 0. The number of nitrogens with two attached hydrogens (primary N) is 1. The molecule has 0 spiro atoms. The lowest BCUT2D eigenvalue weighted by atomic mass is 10.1. The summed E-state index contributed by atoms with van der Waals surface area (Å²) in [5.74, 6) is 0.204. The van der Waals surface area contributed by atoms with Crippen molar-refractivity contribution in [1.82, 2.24) is 0 Å². The lowest BCUT2D eigenvalue weighted by Gasteiger charge is -2.12. The molecule has 1 amide bonds. The Morgan fingerprint density at radius 3 is 2.53 bits per heavy atom. The number of rotatable bonds is 4. The number of benzene rings is 2. The van der Waals surface area contributed by atoms with Crippen LogP contribution in [0, 0.1) is 6.92 Å². The van der Waals surface area contributed by atoms with Gasteiger partial charge in [0.1, 0.15) is 12.4 Å². The van der Waals surface area contributed by atoms with Crippen molar-refractivity contribution in [3.05, 3.63) is 63.6 Å². The first-order chi connectivity index (χ1) is 9.09. The van der Waals surface area contributed by atoms with Crippen molar-refractivity contribution in [2.75, 3.05) is 0 Å². The molecule has 0 bridgehead atoms. The molecule has 98 valence electrons. The zero-order valence-electron chi connectivity index (χ0n) is 10.5. The van der Waals surface area contributed by atoms with E-state index in [9.17, 15) is 4.79 Å². The second-order valence-corrected chi connectivity index (χ2v) is 5.04. The van der Waals surface area contributed by atoms with E-state index in [1.165, 1.54) is 0 Å². The number of halogens is 1. The maximum absolute atomic E-state index is 11.4. The Morgan fingerprint density at radius 1 is 1.21 bits per heavy atom. The smallest absolute Gasteiger partial charge is 0.250 e. The highest BCUT2D eigenvalue weighted by atomic mass is 79.9. The molecule has 3 nitrogen and oxygen atoms in total. The zero-order valence-corrected chi connectivity index (χ0v) is 12.1. The molecule has 2 aromatic carbocycles. The fourth-order valence-electron chi connectivity index (χ4n) is 1.85. The largest absolute Gasteiger partial charge is 0.489 e. The number of ether oxygens (including phenoxy) is 1. The van der Waals surface area contributed by atoms with Crippen molar-refractivity contribution >= 4 is 21.8 Å². The maximum Gasteiger partial charge on any atom is 0.250 e. The molecule has 2 aromatic rings. The van der Waals surface area contributed by atoms with Gasteiger partial charge in [0.15, 0.2) is 0 Å². The van der Waals surface area contributed by atoms with Gasteiger partial charge in [0.25, 0.3) is 0 Å². The highest BCUT2D eigenvalue weighted by molar-refractivity contribution is 9.10. The Morgan fingerprint density at radius 2 is 1.89 bits per heavy atom. The molecule has 0 fully saturated rings. The van der Waals surface area contributed by atoms with Gasteiger partial charge in [-0.15, -0.1) is 0 Å². The molecule has 2 N–H and O–H groups in total. The molecule has 0 atom stereocenters. The Balaban J connectivity index is 2.22. The Bertz CT molecular complexity index is 597. The van der Waals surface area contributed by atoms with E-state index in [4.69, 9.17) is 10.5 Å². The molecule has 0 saturated carbocycles. The standard InChI is InChI=1S/C15H14BrNO2/c1-10-13(8-7-12(16)14(10)15(17)18)19-9-11-5-3-2-4-6-11/h2-8H,9H2,1H3,(H2,17,18). The van der Waals surface area contributed by atoms with E-state index < -0.39 is 5.91 Å². The fourth-order valence-corrected chi connectivity index (χ4v) is 2.48. The third-order valence-electron chi connectivity index (χ3n) is 2.85. The van der Waals surface area contributed by atoms with Crippen LogP contribution in [-0.4, -0.2) is 5.91 Å². The third kappa shape index (κ3) is 3.15. The minimum atomic E-state index is -0.463. The topological polar surface area (TPSA) is 52.3 Å². The van der Waals surface area contributed by atoms with Gasteiger partial charge in [0.05, 0.1) is 5.56 Å². The minimum Gasteiger partial charge on any atom is -0.489 e. The van der Waals surface area contributed by atoms with Crippen LogP contribution >= 0.6 is 15.9 Å². The summed E-state index contributed by atoms with van der Waals surface area (Å²) < 4.78 is 6.42. The Hall–Kier alpha value is -1.81. The number of hydrogen-bond acceptors (Lipinski definition) is 2. The molecular formula is C15H14BrNO2. The Labute approximate surface area is 120 Å². The number of primary amides is 1. The van der Waals surface area contributed by atoms with Gasteiger partial charge in [0.2, 0.25) is 5.91 Å². The summed E-state index contributed by atoms with van der Waals surface area (Å²) in [6.07, 6.45) is 0. The van der Waals surface area contributed by atoms with Gasteiger partial charge in [-0.3, -0.25) is 4.79 Å². The second-order valence-electron chi connectivity index (χ2n) is 4.18. The first kappa shape index (κ1) is 13.6. The van der Waals surface area contributed by atoms with Crippen LogP contribution < -0.4 is 10.5 Å². The van der Waals surface area contributed by atoms with Crippen LogP contribution in [-0.2, 0) is 6.61 Å². The van der Waals surface area contributed by atoms with Crippen molar-refractivity contribution < 1.29 is 9.53 Å². The van der Waals surface area contributed by atoms with Crippen molar-refractivity contribution in [3.8, 4) is 5.75 Å². The van der Waals surface area contributed by atoms with Gasteiger partial charge < -0.3 is 10.5 Å². The lowest BCUT2D eigenvalue weighted by molar-refractivity contribution is 0.0998. The molecule has 0 radical (unpaired) electrons. The molecule has 0 aliphatic carbocycles. The van der Waals surface area contributed by atoms with E-state index in [1.807, 2.05) is 43.3 Å². The van der Waals surface area contributed by atoms with E-state index in [2.05, 4.69) is 15.9 Å². The van der Waals surface area contributed by atoms with Crippen molar-refractivity contribution in [2.45, 2.75) is 13.5 Å². The molecular weight excluding hydrogens is 306 g/mol. The van der Waals surface area contributed by atoms with Crippen LogP contribution in [0.25, 0.3) is 0 Å². The van der Waals surface area contributed by atoms with Crippen LogP contribution in [0.2, 0.25) is 0 Å². The second kappa shape index (κ2) is 5.89. The lowest BCUT2D eigenvalue weighted by Crippen LogP contribution is -2.14. The molecule has 4 heteroatoms. The predicted molar refractivity (Wildman–Crippen MR) is 78.2 cm³/mol. The molecule has 0 heterocycles. The summed E-state index contributed by atoms with van der Waals surface area (Å²) >= 11 is 3.32. The average molecular weight is 320 g/mol. The fraction of sp³-hybridized carbons (Fsp3) is 0.133. The molecule has 0 saturated heterocycles. The number of amides is 1. The monoisotopic (exact) mass is 319 g/mol. The van der Waals surface area contributed by atoms with Crippen LogP contribution in [0.4, 0.5) is 0 Å². The summed E-state index contributed by atoms with van der Waals surface area (Å²) in [6.45, 7) is 2.28. The third-order valence-corrected chi connectivity index (χ3v) is 3.51. The quantitative estimate of drug-likeness (QED) is 0.938. The van der Waals surface area contributed by atoms with Crippen molar-refractivity contribution in [3.63, 3.8) is 0 Å². The van der Waals surface area contributed by atoms with E-state index in [1.54, 1.807) is 6.07 Å². The van der Waals surface area contributed by atoms with E-state index >= 15 is 0 Å². The van der Waals surface area contributed by atoms with E-state index in [-0.39, 0.29) is 0 Å². The van der Waals surface area contributed by atoms with Gasteiger partial charge in [-0.2, -0.15) is 0 Å².